The summed E-state index contributed by atoms with van der Waals surface area (Å²) in [5, 5.41) is 13.9. The Morgan fingerprint density at radius 3 is 2.47 bits per heavy atom. The molecule has 0 radical (unpaired) electrons. The van der Waals surface area contributed by atoms with Gasteiger partial charge >= 0.3 is 0 Å². The zero-order valence-corrected chi connectivity index (χ0v) is 14.3. The summed E-state index contributed by atoms with van der Waals surface area (Å²) in [6.45, 7) is 16.0. The minimum atomic E-state index is -1.75. The molecule has 4 nitrogen and oxygen atoms in total. The fraction of sp³-hybridized carbons (Fsp3) is 0.786. The molecule has 5 heteroatoms. The van der Waals surface area contributed by atoms with E-state index in [1.165, 1.54) is 0 Å². The Hall–Kier alpha value is -0.653. The van der Waals surface area contributed by atoms with Crippen LogP contribution in [0, 0.1) is 6.92 Å². The lowest BCUT2D eigenvalue weighted by atomic mass is 10.2. The highest BCUT2D eigenvalue weighted by Gasteiger charge is 2.38. The fourth-order valence-corrected chi connectivity index (χ4v) is 3.28. The molecule has 1 N–H and O–H groups in total. The summed E-state index contributed by atoms with van der Waals surface area (Å²) >= 11 is 0. The van der Waals surface area contributed by atoms with E-state index >= 15 is 0 Å². The highest BCUT2D eigenvalue weighted by atomic mass is 28.4. The van der Waals surface area contributed by atoms with Crippen LogP contribution >= 0.6 is 0 Å². The standard InChI is InChI=1S/C14H28N2O2Si/c1-11-8-13(10-17)16(15-11)9-12(2)18-19(6,7)14(3,4)5/h8,12,17H,9-10H2,1-7H3/t12-/m0/s1. The number of aliphatic hydroxyl groups is 1. The van der Waals surface area contributed by atoms with Crippen LogP contribution < -0.4 is 0 Å². The van der Waals surface area contributed by atoms with Gasteiger partial charge in [-0.2, -0.15) is 5.10 Å². The third-order valence-electron chi connectivity index (χ3n) is 3.88. The van der Waals surface area contributed by atoms with Crippen LogP contribution in [0.15, 0.2) is 6.07 Å². The third kappa shape index (κ3) is 4.16. The molecule has 0 amide bonds. The lowest BCUT2D eigenvalue weighted by molar-refractivity contribution is 0.168. The van der Waals surface area contributed by atoms with E-state index in [1.807, 2.05) is 17.7 Å². The van der Waals surface area contributed by atoms with Crippen molar-refractivity contribution in [2.45, 2.75) is 72.0 Å². The van der Waals surface area contributed by atoms with Crippen LogP contribution in [-0.2, 0) is 17.6 Å². The molecule has 1 aromatic rings. The summed E-state index contributed by atoms with van der Waals surface area (Å²) in [6.07, 6.45) is 0.102. The topological polar surface area (TPSA) is 47.3 Å². The lowest BCUT2D eigenvalue weighted by Gasteiger charge is -2.38. The average Bonchev–Trinajstić information content (AvgIpc) is 2.55. The Kier molecular flexibility index (Phi) is 4.98. The van der Waals surface area contributed by atoms with Crippen LogP contribution in [0.3, 0.4) is 0 Å². The maximum atomic E-state index is 9.31. The molecule has 19 heavy (non-hydrogen) atoms. The predicted molar refractivity (Wildman–Crippen MR) is 80.6 cm³/mol. The normalized spacial score (nSPS) is 14.7. The summed E-state index contributed by atoms with van der Waals surface area (Å²) in [5.74, 6) is 0. The van der Waals surface area contributed by atoms with E-state index in [9.17, 15) is 5.11 Å². The van der Waals surface area contributed by atoms with Crippen LogP contribution in [0.25, 0.3) is 0 Å². The van der Waals surface area contributed by atoms with Gasteiger partial charge in [-0.15, -0.1) is 0 Å². The summed E-state index contributed by atoms with van der Waals surface area (Å²) in [5.41, 5.74) is 1.78. The Morgan fingerprint density at radius 1 is 1.42 bits per heavy atom. The number of nitrogens with zero attached hydrogens (tertiary/aromatic N) is 2. The van der Waals surface area contributed by atoms with Crippen molar-refractivity contribution in [1.29, 1.82) is 0 Å². The lowest BCUT2D eigenvalue weighted by Crippen LogP contribution is -2.44. The van der Waals surface area contributed by atoms with E-state index in [-0.39, 0.29) is 17.7 Å². The number of aliphatic hydroxyl groups excluding tert-OH is 1. The van der Waals surface area contributed by atoms with Gasteiger partial charge in [-0.05, 0) is 38.0 Å². The first kappa shape index (κ1) is 16.4. The van der Waals surface area contributed by atoms with E-state index in [2.05, 4.69) is 45.9 Å². The molecule has 1 heterocycles. The smallest absolute Gasteiger partial charge is 0.192 e. The first-order valence-corrected chi connectivity index (χ1v) is 9.79. The van der Waals surface area contributed by atoms with Crippen molar-refractivity contribution in [1.82, 2.24) is 9.78 Å². The molecule has 0 aliphatic heterocycles. The Balaban J connectivity index is 2.72. The second-order valence-electron chi connectivity index (χ2n) is 6.81. The summed E-state index contributed by atoms with van der Waals surface area (Å²) in [6, 6.07) is 1.92. The SMILES string of the molecule is Cc1cc(CO)n(C[C@H](C)O[Si](C)(C)C(C)(C)C)n1. The molecule has 1 atom stereocenters. The molecule has 0 unspecified atom stereocenters. The monoisotopic (exact) mass is 284 g/mol. The van der Waals surface area contributed by atoms with E-state index in [0.717, 1.165) is 11.4 Å². The van der Waals surface area contributed by atoms with Crippen molar-refractivity contribution in [2.24, 2.45) is 0 Å². The van der Waals surface area contributed by atoms with Crippen molar-refractivity contribution >= 4 is 8.32 Å². The molecule has 0 saturated heterocycles. The largest absolute Gasteiger partial charge is 0.412 e. The molecule has 1 rings (SSSR count). The van der Waals surface area contributed by atoms with Crippen molar-refractivity contribution in [2.75, 3.05) is 0 Å². The Morgan fingerprint density at radius 2 is 2.00 bits per heavy atom. The molecule has 0 aliphatic rings. The minimum Gasteiger partial charge on any atom is -0.412 e. The molecular formula is C14H28N2O2Si. The second kappa shape index (κ2) is 5.77. The highest BCUT2D eigenvalue weighted by Crippen LogP contribution is 2.37. The molecule has 0 fully saturated rings. The molecular weight excluding hydrogens is 256 g/mol. The molecule has 0 spiro atoms. The quantitative estimate of drug-likeness (QED) is 0.845. The number of aryl methyl sites for hydroxylation is 1. The maximum Gasteiger partial charge on any atom is 0.192 e. The molecule has 1 aromatic heterocycles. The average molecular weight is 284 g/mol. The van der Waals surface area contributed by atoms with Gasteiger partial charge in [0.05, 0.1) is 30.6 Å². The molecule has 0 aliphatic carbocycles. The van der Waals surface area contributed by atoms with E-state index in [0.29, 0.717) is 6.54 Å². The van der Waals surface area contributed by atoms with Crippen LogP contribution in [-0.4, -0.2) is 29.3 Å². The molecule has 0 bridgehead atoms. The van der Waals surface area contributed by atoms with Gasteiger partial charge in [-0.1, -0.05) is 20.8 Å². The van der Waals surface area contributed by atoms with E-state index in [1.54, 1.807) is 0 Å². The number of hydrogen-bond acceptors (Lipinski definition) is 3. The van der Waals surface area contributed by atoms with Gasteiger partial charge in [0.2, 0.25) is 0 Å². The van der Waals surface area contributed by atoms with Crippen LogP contribution in [0.4, 0.5) is 0 Å². The first-order chi connectivity index (χ1) is 8.56. The van der Waals surface area contributed by atoms with Gasteiger partial charge in [0.15, 0.2) is 8.32 Å². The first-order valence-electron chi connectivity index (χ1n) is 6.89. The maximum absolute atomic E-state index is 9.31. The zero-order valence-electron chi connectivity index (χ0n) is 13.3. The Bertz CT molecular complexity index is 422. The third-order valence-corrected chi connectivity index (χ3v) is 8.48. The number of hydrogen-bond donors (Lipinski definition) is 1. The molecule has 110 valence electrons. The Labute approximate surface area is 117 Å². The van der Waals surface area contributed by atoms with Gasteiger partial charge in [0.25, 0.3) is 0 Å². The highest BCUT2D eigenvalue weighted by molar-refractivity contribution is 6.74. The van der Waals surface area contributed by atoms with Crippen LogP contribution in [0.5, 0.6) is 0 Å². The van der Waals surface area contributed by atoms with Crippen molar-refractivity contribution in [3.63, 3.8) is 0 Å². The van der Waals surface area contributed by atoms with Gasteiger partial charge in [-0.25, -0.2) is 0 Å². The van der Waals surface area contributed by atoms with Gasteiger partial charge in [-0.3, -0.25) is 4.68 Å². The molecule has 0 aromatic carbocycles. The van der Waals surface area contributed by atoms with Crippen molar-refractivity contribution < 1.29 is 9.53 Å². The van der Waals surface area contributed by atoms with Gasteiger partial charge in [0, 0.05) is 0 Å². The van der Waals surface area contributed by atoms with Crippen LogP contribution in [0.2, 0.25) is 18.1 Å². The van der Waals surface area contributed by atoms with Gasteiger partial charge < -0.3 is 9.53 Å². The van der Waals surface area contributed by atoms with Crippen molar-refractivity contribution in [3.05, 3.63) is 17.5 Å². The minimum absolute atomic E-state index is 0.0215. The van der Waals surface area contributed by atoms with E-state index in [4.69, 9.17) is 4.43 Å². The number of rotatable bonds is 5. The number of aromatic nitrogens is 2. The van der Waals surface area contributed by atoms with Crippen molar-refractivity contribution in [3.8, 4) is 0 Å². The second-order valence-corrected chi connectivity index (χ2v) is 11.6. The predicted octanol–water partition coefficient (Wildman–Crippen LogP) is 3.09. The van der Waals surface area contributed by atoms with Crippen LogP contribution in [0.1, 0.15) is 39.1 Å². The summed E-state index contributed by atoms with van der Waals surface area (Å²) < 4.78 is 8.17. The summed E-state index contributed by atoms with van der Waals surface area (Å²) in [7, 11) is -1.75. The summed E-state index contributed by atoms with van der Waals surface area (Å²) in [4.78, 5) is 0. The van der Waals surface area contributed by atoms with E-state index < -0.39 is 8.32 Å². The fourth-order valence-electron chi connectivity index (χ4n) is 1.85. The van der Waals surface area contributed by atoms with Gasteiger partial charge in [0.1, 0.15) is 0 Å². The molecule has 0 saturated carbocycles. The zero-order chi connectivity index (χ0) is 14.8.